The van der Waals surface area contributed by atoms with Crippen molar-refractivity contribution >= 4 is 11.9 Å². The standard InChI is InChI=1S/C38H44F3N3O5/c1-7-47-34-18-29(33(19-35(34)48-8-2)32-17-28(24(3)4)12-11-26(32)6)23-44(22-27-14-25(5)15-30(16-27)38(39,40)41)37-42-20-31(21-43-37)49-13-9-10-36(45)46/h11-12,14-21,24H,7-10,13,22-23H2,1-6H3,(H,45,46). The maximum atomic E-state index is 13.8. The smallest absolute Gasteiger partial charge is 0.416 e. The fourth-order valence-corrected chi connectivity index (χ4v) is 5.51. The second-order valence-corrected chi connectivity index (χ2v) is 12.2. The molecule has 49 heavy (non-hydrogen) atoms. The minimum atomic E-state index is -4.50. The van der Waals surface area contributed by atoms with Crippen molar-refractivity contribution in [2.75, 3.05) is 24.7 Å². The number of aromatic nitrogens is 2. The molecule has 1 N–H and O–H groups in total. The van der Waals surface area contributed by atoms with Gasteiger partial charge in [0.15, 0.2) is 17.2 Å². The Balaban J connectivity index is 1.84. The topological polar surface area (TPSA) is 94.0 Å². The number of benzene rings is 3. The number of anilines is 1. The SMILES string of the molecule is CCOc1cc(CN(Cc2cc(C)cc(C(F)(F)F)c2)c2ncc(OCCCC(=O)O)cn2)c(-c2cc(C(C)C)ccc2C)cc1OCC. The number of carboxylic acids is 1. The molecular weight excluding hydrogens is 635 g/mol. The number of rotatable bonds is 16. The Hall–Kier alpha value is -4.80. The van der Waals surface area contributed by atoms with Gasteiger partial charge in [0.2, 0.25) is 5.95 Å². The van der Waals surface area contributed by atoms with E-state index in [9.17, 15) is 18.0 Å². The average molecular weight is 680 g/mol. The number of carboxylic acid groups (broad SMARTS) is 1. The van der Waals surface area contributed by atoms with E-state index in [2.05, 4.69) is 42.0 Å². The molecule has 1 heterocycles. The van der Waals surface area contributed by atoms with Crippen molar-refractivity contribution in [3.05, 3.63) is 94.3 Å². The van der Waals surface area contributed by atoms with Gasteiger partial charge in [-0.2, -0.15) is 13.2 Å². The average Bonchev–Trinajstić information content (AvgIpc) is 3.04. The predicted molar refractivity (Wildman–Crippen MR) is 184 cm³/mol. The Bertz CT molecular complexity index is 1730. The highest BCUT2D eigenvalue weighted by atomic mass is 19.4. The highest BCUT2D eigenvalue weighted by molar-refractivity contribution is 5.75. The first-order valence-corrected chi connectivity index (χ1v) is 16.4. The Kier molecular flexibility index (Phi) is 12.5. The fourth-order valence-electron chi connectivity index (χ4n) is 5.51. The largest absolute Gasteiger partial charge is 0.490 e. The van der Waals surface area contributed by atoms with Gasteiger partial charge in [-0.25, -0.2) is 9.97 Å². The van der Waals surface area contributed by atoms with E-state index in [4.69, 9.17) is 19.3 Å². The number of ether oxygens (including phenoxy) is 3. The molecule has 3 aromatic carbocycles. The molecule has 0 radical (unpaired) electrons. The van der Waals surface area contributed by atoms with E-state index in [0.29, 0.717) is 48.0 Å². The van der Waals surface area contributed by atoms with Crippen LogP contribution in [-0.2, 0) is 24.1 Å². The zero-order valence-electron chi connectivity index (χ0n) is 28.9. The van der Waals surface area contributed by atoms with Gasteiger partial charge in [0.05, 0.1) is 37.8 Å². The van der Waals surface area contributed by atoms with Gasteiger partial charge < -0.3 is 24.2 Å². The number of hydrogen-bond donors (Lipinski definition) is 1. The molecule has 0 amide bonds. The van der Waals surface area contributed by atoms with Crippen LogP contribution in [-0.4, -0.2) is 40.9 Å². The van der Waals surface area contributed by atoms with Crippen molar-refractivity contribution in [1.82, 2.24) is 9.97 Å². The highest BCUT2D eigenvalue weighted by Crippen LogP contribution is 2.40. The van der Waals surface area contributed by atoms with Gasteiger partial charge in [0.1, 0.15) is 0 Å². The van der Waals surface area contributed by atoms with E-state index in [0.717, 1.165) is 39.9 Å². The summed E-state index contributed by atoms with van der Waals surface area (Å²) in [7, 11) is 0. The molecular formula is C38H44F3N3O5. The van der Waals surface area contributed by atoms with Crippen LogP contribution in [0.1, 0.15) is 79.8 Å². The molecule has 0 saturated carbocycles. The zero-order valence-corrected chi connectivity index (χ0v) is 28.9. The van der Waals surface area contributed by atoms with Crippen LogP contribution in [0.2, 0.25) is 0 Å². The molecule has 262 valence electrons. The van der Waals surface area contributed by atoms with Gasteiger partial charge in [0, 0.05) is 19.5 Å². The van der Waals surface area contributed by atoms with E-state index in [1.54, 1.807) is 13.0 Å². The van der Waals surface area contributed by atoms with Crippen molar-refractivity contribution in [3.8, 4) is 28.4 Å². The minimum absolute atomic E-state index is 0.0309. The third-order valence-electron chi connectivity index (χ3n) is 7.89. The lowest BCUT2D eigenvalue weighted by Gasteiger charge is -2.26. The number of hydrogen-bond acceptors (Lipinski definition) is 7. The third-order valence-corrected chi connectivity index (χ3v) is 7.89. The van der Waals surface area contributed by atoms with Crippen molar-refractivity contribution in [2.45, 2.75) is 79.6 Å². The number of carbonyl (C=O) groups is 1. The summed E-state index contributed by atoms with van der Waals surface area (Å²) in [5.41, 5.74) is 5.17. The van der Waals surface area contributed by atoms with Gasteiger partial charge in [-0.05, 0) is 97.7 Å². The monoisotopic (exact) mass is 679 g/mol. The first-order valence-electron chi connectivity index (χ1n) is 16.4. The van der Waals surface area contributed by atoms with E-state index in [1.807, 2.05) is 37.8 Å². The lowest BCUT2D eigenvalue weighted by Crippen LogP contribution is -2.25. The number of nitrogens with zero attached hydrogens (tertiary/aromatic N) is 3. The predicted octanol–water partition coefficient (Wildman–Crippen LogP) is 9.15. The van der Waals surface area contributed by atoms with Gasteiger partial charge in [-0.1, -0.05) is 43.7 Å². The first-order chi connectivity index (χ1) is 23.3. The van der Waals surface area contributed by atoms with Gasteiger partial charge in [-0.15, -0.1) is 0 Å². The number of alkyl halides is 3. The van der Waals surface area contributed by atoms with Crippen LogP contribution in [0.25, 0.3) is 11.1 Å². The van der Waals surface area contributed by atoms with Crippen LogP contribution in [0.15, 0.2) is 60.9 Å². The van der Waals surface area contributed by atoms with Crippen molar-refractivity contribution < 1.29 is 37.3 Å². The van der Waals surface area contributed by atoms with Crippen molar-refractivity contribution in [3.63, 3.8) is 0 Å². The molecule has 0 fully saturated rings. The molecule has 0 unspecified atom stereocenters. The van der Waals surface area contributed by atoms with Gasteiger partial charge in [0.25, 0.3) is 0 Å². The molecule has 0 aliphatic rings. The van der Waals surface area contributed by atoms with Crippen LogP contribution in [0, 0.1) is 13.8 Å². The molecule has 1 aromatic heterocycles. The number of aryl methyl sites for hydroxylation is 2. The molecule has 0 spiro atoms. The Morgan fingerprint density at radius 2 is 1.55 bits per heavy atom. The number of aliphatic carboxylic acids is 1. The normalized spacial score (nSPS) is 11.5. The molecule has 11 heteroatoms. The zero-order chi connectivity index (χ0) is 35.7. The number of halogens is 3. The van der Waals surface area contributed by atoms with Gasteiger partial charge >= 0.3 is 12.1 Å². The van der Waals surface area contributed by atoms with E-state index >= 15 is 0 Å². The summed E-state index contributed by atoms with van der Waals surface area (Å²) in [5.74, 6) is 1.16. The van der Waals surface area contributed by atoms with Crippen LogP contribution >= 0.6 is 0 Å². The van der Waals surface area contributed by atoms with Crippen LogP contribution in [0.3, 0.4) is 0 Å². The summed E-state index contributed by atoms with van der Waals surface area (Å²) in [4.78, 5) is 21.7. The molecule has 4 aromatic rings. The Morgan fingerprint density at radius 3 is 2.16 bits per heavy atom. The summed E-state index contributed by atoms with van der Waals surface area (Å²) in [6.45, 7) is 13.1. The summed E-state index contributed by atoms with van der Waals surface area (Å²) in [6, 6.07) is 14.3. The highest BCUT2D eigenvalue weighted by Gasteiger charge is 2.31. The Morgan fingerprint density at radius 1 is 0.878 bits per heavy atom. The molecule has 0 saturated heterocycles. The summed E-state index contributed by atoms with van der Waals surface area (Å²) in [5, 5.41) is 8.90. The quantitative estimate of drug-likeness (QED) is 0.117. The molecule has 0 aliphatic heterocycles. The van der Waals surface area contributed by atoms with Crippen molar-refractivity contribution in [2.24, 2.45) is 0 Å². The van der Waals surface area contributed by atoms with Crippen LogP contribution in [0.4, 0.5) is 19.1 Å². The van der Waals surface area contributed by atoms with Crippen LogP contribution in [0.5, 0.6) is 17.2 Å². The van der Waals surface area contributed by atoms with Crippen LogP contribution < -0.4 is 19.1 Å². The van der Waals surface area contributed by atoms with E-state index < -0.39 is 17.7 Å². The maximum Gasteiger partial charge on any atom is 0.416 e. The molecule has 0 bridgehead atoms. The molecule has 0 atom stereocenters. The van der Waals surface area contributed by atoms with Gasteiger partial charge in [-0.3, -0.25) is 4.79 Å². The summed E-state index contributed by atoms with van der Waals surface area (Å²) in [6.07, 6.45) is -1.26. The minimum Gasteiger partial charge on any atom is -0.490 e. The van der Waals surface area contributed by atoms with Crippen molar-refractivity contribution in [1.29, 1.82) is 0 Å². The summed E-state index contributed by atoms with van der Waals surface area (Å²) >= 11 is 0. The third kappa shape index (κ3) is 10.1. The first kappa shape index (κ1) is 37.0. The maximum absolute atomic E-state index is 13.8. The molecule has 4 rings (SSSR count). The molecule has 0 aliphatic carbocycles. The lowest BCUT2D eigenvalue weighted by atomic mass is 9.91. The second-order valence-electron chi connectivity index (χ2n) is 12.2. The van der Waals surface area contributed by atoms with E-state index in [-0.39, 0.29) is 38.0 Å². The molecule has 8 nitrogen and oxygen atoms in total. The van der Waals surface area contributed by atoms with E-state index in [1.165, 1.54) is 12.4 Å². The Labute approximate surface area is 285 Å². The fraction of sp³-hybridized carbons (Fsp3) is 0.395. The lowest BCUT2D eigenvalue weighted by molar-refractivity contribution is -0.138. The second kappa shape index (κ2) is 16.5. The summed E-state index contributed by atoms with van der Waals surface area (Å²) < 4.78 is 59.2.